The van der Waals surface area contributed by atoms with Gasteiger partial charge in [0, 0.05) is 25.2 Å². The van der Waals surface area contributed by atoms with Crippen LogP contribution >= 0.6 is 11.3 Å². The second kappa shape index (κ2) is 7.21. The van der Waals surface area contributed by atoms with E-state index in [-0.39, 0.29) is 5.54 Å². The van der Waals surface area contributed by atoms with Crippen molar-refractivity contribution in [2.45, 2.75) is 45.9 Å². The van der Waals surface area contributed by atoms with E-state index in [1.807, 2.05) is 0 Å². The summed E-state index contributed by atoms with van der Waals surface area (Å²) in [5.74, 6) is 0. The van der Waals surface area contributed by atoms with Crippen LogP contribution in [0.4, 0.5) is 0 Å². The second-order valence-corrected chi connectivity index (χ2v) is 7.46. The molecule has 0 amide bonds. The Morgan fingerprint density at radius 1 is 1.05 bits per heavy atom. The maximum atomic E-state index is 3.58. The predicted octanol–water partition coefficient (Wildman–Crippen LogP) is 4.27. The molecule has 1 heterocycles. The number of nitrogens with zero attached hydrogens (tertiary/aromatic N) is 1. The Morgan fingerprint density at radius 2 is 1.76 bits per heavy atom. The molecule has 2 nitrogen and oxygen atoms in total. The summed E-state index contributed by atoms with van der Waals surface area (Å²) < 4.78 is 0. The van der Waals surface area contributed by atoms with E-state index in [4.69, 9.17) is 0 Å². The van der Waals surface area contributed by atoms with Crippen LogP contribution < -0.4 is 5.32 Å². The van der Waals surface area contributed by atoms with Gasteiger partial charge in [0.05, 0.1) is 0 Å². The molecule has 3 heteroatoms. The molecule has 114 valence electrons. The fourth-order valence-corrected chi connectivity index (χ4v) is 2.95. The molecule has 0 bridgehead atoms. The molecule has 1 N–H and O–H groups in total. The van der Waals surface area contributed by atoms with Gasteiger partial charge in [0.2, 0.25) is 0 Å². The van der Waals surface area contributed by atoms with Crippen LogP contribution in [0.3, 0.4) is 0 Å². The molecule has 21 heavy (non-hydrogen) atoms. The maximum Gasteiger partial charge on any atom is 0.0242 e. The van der Waals surface area contributed by atoms with Gasteiger partial charge in [-0.05, 0) is 61.3 Å². The minimum Gasteiger partial charge on any atom is -0.308 e. The van der Waals surface area contributed by atoms with E-state index in [1.165, 1.54) is 16.7 Å². The van der Waals surface area contributed by atoms with E-state index in [9.17, 15) is 0 Å². The molecular weight excluding hydrogens is 276 g/mol. The molecule has 0 radical (unpaired) electrons. The zero-order valence-electron chi connectivity index (χ0n) is 13.5. The molecule has 2 aromatic rings. The van der Waals surface area contributed by atoms with Crippen LogP contribution in [0.15, 0.2) is 41.1 Å². The van der Waals surface area contributed by atoms with Crippen LogP contribution in [0.1, 0.15) is 37.5 Å². The summed E-state index contributed by atoms with van der Waals surface area (Å²) in [6.45, 7) is 9.53. The van der Waals surface area contributed by atoms with E-state index < -0.39 is 0 Å². The molecule has 1 aromatic carbocycles. The summed E-state index contributed by atoms with van der Waals surface area (Å²) in [6, 6.07) is 10.9. The zero-order valence-corrected chi connectivity index (χ0v) is 14.3. The van der Waals surface area contributed by atoms with Crippen molar-refractivity contribution in [1.29, 1.82) is 0 Å². The second-order valence-electron chi connectivity index (χ2n) is 6.68. The molecule has 0 spiro atoms. The highest BCUT2D eigenvalue weighted by Gasteiger charge is 2.11. The molecule has 0 fully saturated rings. The van der Waals surface area contributed by atoms with Crippen molar-refractivity contribution in [2.75, 3.05) is 7.05 Å². The van der Waals surface area contributed by atoms with Gasteiger partial charge < -0.3 is 5.32 Å². The molecule has 0 saturated heterocycles. The fraction of sp³-hybridized carbons (Fsp3) is 0.444. The average molecular weight is 302 g/mol. The van der Waals surface area contributed by atoms with Crippen molar-refractivity contribution in [3.63, 3.8) is 0 Å². The molecular formula is C18H26N2S. The van der Waals surface area contributed by atoms with Crippen molar-refractivity contribution < 1.29 is 0 Å². The molecule has 1 aromatic heterocycles. The number of thiophene rings is 1. The SMILES string of the molecule is CN(Cc1ccsc1)Cc1ccccc1CNC(C)(C)C. The lowest BCUT2D eigenvalue weighted by Gasteiger charge is -2.23. The molecule has 0 atom stereocenters. The topological polar surface area (TPSA) is 15.3 Å². The van der Waals surface area contributed by atoms with Crippen LogP contribution in [0.5, 0.6) is 0 Å². The third kappa shape index (κ3) is 5.62. The Balaban J connectivity index is 1.99. The highest BCUT2D eigenvalue weighted by Crippen LogP contribution is 2.15. The van der Waals surface area contributed by atoms with Crippen molar-refractivity contribution in [3.8, 4) is 0 Å². The standard InChI is InChI=1S/C18H26N2S/c1-18(2,3)19-11-16-7-5-6-8-17(16)13-20(4)12-15-9-10-21-14-15/h5-10,14,19H,11-13H2,1-4H3. The number of rotatable bonds is 6. The Bertz CT molecular complexity index is 541. The van der Waals surface area contributed by atoms with Gasteiger partial charge in [-0.3, -0.25) is 4.90 Å². The fourth-order valence-electron chi connectivity index (χ4n) is 2.29. The van der Waals surface area contributed by atoms with Gasteiger partial charge in [-0.15, -0.1) is 0 Å². The van der Waals surface area contributed by atoms with Crippen LogP contribution in [0, 0.1) is 0 Å². The van der Waals surface area contributed by atoms with Gasteiger partial charge in [0.25, 0.3) is 0 Å². The zero-order chi connectivity index (χ0) is 15.3. The highest BCUT2D eigenvalue weighted by atomic mass is 32.1. The van der Waals surface area contributed by atoms with Crippen LogP contribution in [-0.4, -0.2) is 17.5 Å². The summed E-state index contributed by atoms with van der Waals surface area (Å²) in [7, 11) is 2.19. The summed E-state index contributed by atoms with van der Waals surface area (Å²) >= 11 is 1.77. The first kappa shape index (κ1) is 16.2. The monoisotopic (exact) mass is 302 g/mol. The predicted molar refractivity (Wildman–Crippen MR) is 92.5 cm³/mol. The number of hydrogen-bond acceptors (Lipinski definition) is 3. The molecule has 2 rings (SSSR count). The van der Waals surface area contributed by atoms with E-state index in [1.54, 1.807) is 11.3 Å². The summed E-state index contributed by atoms with van der Waals surface area (Å²) in [4.78, 5) is 2.37. The van der Waals surface area contributed by atoms with E-state index >= 15 is 0 Å². The van der Waals surface area contributed by atoms with Gasteiger partial charge in [-0.2, -0.15) is 11.3 Å². The van der Waals surface area contributed by atoms with Gasteiger partial charge in [0.15, 0.2) is 0 Å². The lowest BCUT2D eigenvalue weighted by atomic mass is 10.0. The lowest BCUT2D eigenvalue weighted by molar-refractivity contribution is 0.317. The molecule has 0 unspecified atom stereocenters. The van der Waals surface area contributed by atoms with Gasteiger partial charge in [-0.25, -0.2) is 0 Å². The molecule has 0 aliphatic heterocycles. The first-order valence-corrected chi connectivity index (χ1v) is 8.40. The smallest absolute Gasteiger partial charge is 0.0242 e. The molecule has 0 aliphatic rings. The Kier molecular flexibility index (Phi) is 5.57. The Labute approximate surface area is 132 Å². The Hall–Kier alpha value is -1.16. The normalized spacial score (nSPS) is 12.0. The highest BCUT2D eigenvalue weighted by molar-refractivity contribution is 7.07. The van der Waals surface area contributed by atoms with Crippen molar-refractivity contribution >= 4 is 11.3 Å². The van der Waals surface area contributed by atoms with Crippen LogP contribution in [0.25, 0.3) is 0 Å². The van der Waals surface area contributed by atoms with Crippen molar-refractivity contribution in [2.24, 2.45) is 0 Å². The van der Waals surface area contributed by atoms with Crippen molar-refractivity contribution in [1.82, 2.24) is 10.2 Å². The van der Waals surface area contributed by atoms with E-state index in [2.05, 4.69) is 79.1 Å². The van der Waals surface area contributed by atoms with Gasteiger partial charge >= 0.3 is 0 Å². The van der Waals surface area contributed by atoms with Crippen LogP contribution in [-0.2, 0) is 19.6 Å². The summed E-state index contributed by atoms with van der Waals surface area (Å²) in [6.07, 6.45) is 0. The quantitative estimate of drug-likeness (QED) is 0.857. The third-order valence-electron chi connectivity index (χ3n) is 3.40. The molecule has 0 saturated carbocycles. The first-order valence-electron chi connectivity index (χ1n) is 7.45. The number of nitrogens with one attached hydrogen (secondary N) is 1. The minimum atomic E-state index is 0.149. The largest absolute Gasteiger partial charge is 0.308 e. The van der Waals surface area contributed by atoms with Gasteiger partial charge in [-0.1, -0.05) is 24.3 Å². The van der Waals surface area contributed by atoms with Gasteiger partial charge in [0.1, 0.15) is 0 Å². The summed E-state index contributed by atoms with van der Waals surface area (Å²) in [5, 5.41) is 7.95. The molecule has 0 aliphatic carbocycles. The number of hydrogen-bond donors (Lipinski definition) is 1. The summed E-state index contributed by atoms with van der Waals surface area (Å²) in [5.41, 5.74) is 4.35. The number of benzene rings is 1. The van der Waals surface area contributed by atoms with Crippen molar-refractivity contribution in [3.05, 3.63) is 57.8 Å². The minimum absolute atomic E-state index is 0.149. The lowest BCUT2D eigenvalue weighted by Crippen LogP contribution is -2.35. The maximum absolute atomic E-state index is 3.58. The Morgan fingerprint density at radius 3 is 2.38 bits per heavy atom. The third-order valence-corrected chi connectivity index (χ3v) is 4.13. The van der Waals surface area contributed by atoms with Crippen LogP contribution in [0.2, 0.25) is 0 Å². The van der Waals surface area contributed by atoms with E-state index in [0.717, 1.165) is 19.6 Å². The average Bonchev–Trinajstić information content (AvgIpc) is 2.89. The first-order chi connectivity index (χ1) is 9.94. The van der Waals surface area contributed by atoms with E-state index in [0.29, 0.717) is 0 Å².